The summed E-state index contributed by atoms with van der Waals surface area (Å²) in [6.07, 6.45) is -5.11. The van der Waals surface area contributed by atoms with Crippen LogP contribution in [0, 0.1) is 0 Å². The highest BCUT2D eigenvalue weighted by atomic mass is 19.4. The fraction of sp³-hybridized carbons (Fsp3) is 0.619. The van der Waals surface area contributed by atoms with Crippen LogP contribution in [0.5, 0.6) is 0 Å². The van der Waals surface area contributed by atoms with E-state index in [1.54, 1.807) is 26.8 Å². The molecular formula is C21H30F3N3O4. The Morgan fingerprint density at radius 1 is 1.10 bits per heavy atom. The number of rotatable bonds is 6. The van der Waals surface area contributed by atoms with Crippen LogP contribution in [0.1, 0.15) is 31.1 Å². The highest BCUT2D eigenvalue weighted by Gasteiger charge is 2.44. The van der Waals surface area contributed by atoms with Gasteiger partial charge in [-0.05, 0) is 46.0 Å². The Balaban J connectivity index is 2.54. The second-order valence-corrected chi connectivity index (χ2v) is 8.44. The molecule has 10 heteroatoms. The highest BCUT2D eigenvalue weighted by molar-refractivity contribution is 6.05. The Morgan fingerprint density at radius 3 is 2.23 bits per heavy atom. The number of piperazine rings is 1. The van der Waals surface area contributed by atoms with Gasteiger partial charge in [-0.25, -0.2) is 4.79 Å². The van der Waals surface area contributed by atoms with Crippen molar-refractivity contribution < 1.29 is 32.2 Å². The molecule has 0 radical (unpaired) electrons. The van der Waals surface area contributed by atoms with E-state index >= 15 is 0 Å². The van der Waals surface area contributed by atoms with E-state index in [1.807, 2.05) is 11.9 Å². The quantitative estimate of drug-likeness (QED) is 0.628. The number of amides is 1. The minimum Gasteiger partial charge on any atom is -0.456 e. The second-order valence-electron chi connectivity index (χ2n) is 8.44. The number of carbonyl (C=O) groups is 2. The first-order chi connectivity index (χ1) is 14.3. The summed E-state index contributed by atoms with van der Waals surface area (Å²) >= 11 is 0. The lowest BCUT2D eigenvalue weighted by atomic mass is 10.1. The van der Waals surface area contributed by atoms with Gasteiger partial charge < -0.3 is 24.2 Å². The zero-order valence-electron chi connectivity index (χ0n) is 18.6. The molecule has 0 unspecified atom stereocenters. The molecule has 1 saturated heterocycles. The van der Waals surface area contributed by atoms with Crippen molar-refractivity contribution in [2.75, 3.05) is 63.3 Å². The standard InChI is InChI=1S/C21H30F3N3O4/c1-20(2,3)31-18(28)16-7-6-15(26-10-8-25(4)9-11-26)14-17(16)27(12-13-30-5)19(29)21(22,23)24/h6-7,14H,8-13H2,1-5H3. The molecule has 174 valence electrons. The van der Waals surface area contributed by atoms with Crippen LogP contribution in [-0.4, -0.2) is 82.0 Å². The van der Waals surface area contributed by atoms with Crippen LogP contribution in [0.15, 0.2) is 18.2 Å². The average molecular weight is 445 g/mol. The van der Waals surface area contributed by atoms with E-state index < -0.39 is 23.7 Å². The van der Waals surface area contributed by atoms with Gasteiger partial charge in [0.15, 0.2) is 0 Å². The number of ether oxygens (including phenoxy) is 2. The minimum atomic E-state index is -5.11. The molecule has 7 nitrogen and oxygen atoms in total. The number of esters is 1. The van der Waals surface area contributed by atoms with Gasteiger partial charge in [-0.2, -0.15) is 13.2 Å². The number of nitrogens with zero attached hydrogens (tertiary/aromatic N) is 3. The molecule has 1 fully saturated rings. The van der Waals surface area contributed by atoms with E-state index in [9.17, 15) is 22.8 Å². The van der Waals surface area contributed by atoms with E-state index in [1.165, 1.54) is 19.2 Å². The maximum Gasteiger partial charge on any atom is 0.471 e. The molecule has 0 N–H and O–H groups in total. The van der Waals surface area contributed by atoms with Crippen molar-refractivity contribution in [3.05, 3.63) is 23.8 Å². The Kier molecular flexibility index (Phi) is 7.93. The van der Waals surface area contributed by atoms with E-state index in [0.29, 0.717) is 23.7 Å². The van der Waals surface area contributed by atoms with Crippen LogP contribution >= 0.6 is 0 Å². The van der Waals surface area contributed by atoms with Crippen molar-refractivity contribution in [3.63, 3.8) is 0 Å². The molecule has 0 bridgehead atoms. The number of halogens is 3. The SMILES string of the molecule is COCCN(C(=O)C(F)(F)F)c1cc(N2CCN(C)CC2)ccc1C(=O)OC(C)(C)C. The lowest BCUT2D eigenvalue weighted by Crippen LogP contribution is -2.45. The van der Waals surface area contributed by atoms with E-state index in [2.05, 4.69) is 4.90 Å². The fourth-order valence-corrected chi connectivity index (χ4v) is 3.18. The van der Waals surface area contributed by atoms with E-state index in [4.69, 9.17) is 9.47 Å². The van der Waals surface area contributed by atoms with Gasteiger partial charge in [-0.1, -0.05) is 0 Å². The number of methoxy groups -OCH3 is 1. The van der Waals surface area contributed by atoms with Crippen molar-refractivity contribution in [1.29, 1.82) is 0 Å². The molecule has 1 amide bonds. The summed E-state index contributed by atoms with van der Waals surface area (Å²) in [5.41, 5.74) is -0.477. The van der Waals surface area contributed by atoms with Gasteiger partial charge in [-0.15, -0.1) is 0 Å². The topological polar surface area (TPSA) is 62.3 Å². The first-order valence-corrected chi connectivity index (χ1v) is 10.0. The normalized spacial score (nSPS) is 15.7. The molecule has 0 atom stereocenters. The summed E-state index contributed by atoms with van der Waals surface area (Å²) < 4.78 is 50.3. The monoisotopic (exact) mass is 445 g/mol. The van der Waals surface area contributed by atoms with Gasteiger partial charge in [0.2, 0.25) is 0 Å². The highest BCUT2D eigenvalue weighted by Crippen LogP contribution is 2.32. The van der Waals surface area contributed by atoms with Gasteiger partial charge in [0.05, 0.1) is 17.9 Å². The van der Waals surface area contributed by atoms with E-state index in [-0.39, 0.29) is 24.4 Å². The molecule has 0 aliphatic carbocycles. The largest absolute Gasteiger partial charge is 0.471 e. The lowest BCUT2D eigenvalue weighted by molar-refractivity contribution is -0.170. The van der Waals surface area contributed by atoms with Crippen molar-refractivity contribution in [2.45, 2.75) is 32.5 Å². The molecular weight excluding hydrogens is 415 g/mol. The third-order valence-corrected chi connectivity index (χ3v) is 4.77. The van der Waals surface area contributed by atoms with Crippen LogP contribution < -0.4 is 9.80 Å². The summed E-state index contributed by atoms with van der Waals surface area (Å²) in [5.74, 6) is -2.87. The summed E-state index contributed by atoms with van der Waals surface area (Å²) in [6, 6.07) is 4.53. The summed E-state index contributed by atoms with van der Waals surface area (Å²) in [5, 5.41) is 0. The maximum atomic E-state index is 13.4. The van der Waals surface area contributed by atoms with Gasteiger partial charge in [0.25, 0.3) is 0 Å². The second kappa shape index (κ2) is 9.86. The number of benzene rings is 1. The van der Waals surface area contributed by atoms with Crippen LogP contribution in [0.3, 0.4) is 0 Å². The molecule has 2 rings (SSSR count). The number of alkyl halides is 3. The number of hydrogen-bond donors (Lipinski definition) is 0. The molecule has 1 aliphatic heterocycles. The number of likely N-dealkylation sites (N-methyl/N-ethyl adjacent to an activating group) is 1. The van der Waals surface area contributed by atoms with Crippen LogP contribution in [0.2, 0.25) is 0 Å². The molecule has 31 heavy (non-hydrogen) atoms. The molecule has 0 spiro atoms. The molecule has 1 aromatic rings. The number of hydrogen-bond acceptors (Lipinski definition) is 6. The smallest absolute Gasteiger partial charge is 0.456 e. The summed E-state index contributed by atoms with van der Waals surface area (Å²) in [7, 11) is 3.31. The predicted molar refractivity (Wildman–Crippen MR) is 112 cm³/mol. The predicted octanol–water partition coefficient (Wildman–Crippen LogP) is 2.94. The van der Waals surface area contributed by atoms with Crippen molar-refractivity contribution >= 4 is 23.3 Å². The lowest BCUT2D eigenvalue weighted by Gasteiger charge is -2.35. The van der Waals surface area contributed by atoms with E-state index in [0.717, 1.165) is 13.1 Å². The fourth-order valence-electron chi connectivity index (χ4n) is 3.18. The number of anilines is 2. The molecule has 0 saturated carbocycles. The molecule has 0 aromatic heterocycles. The number of carbonyl (C=O) groups excluding carboxylic acids is 2. The summed E-state index contributed by atoms with van der Waals surface area (Å²) in [4.78, 5) is 29.7. The summed E-state index contributed by atoms with van der Waals surface area (Å²) in [6.45, 7) is 7.41. The Labute approximate surface area is 180 Å². The van der Waals surface area contributed by atoms with Crippen molar-refractivity contribution in [3.8, 4) is 0 Å². The Hall–Kier alpha value is -2.33. The third-order valence-electron chi connectivity index (χ3n) is 4.77. The van der Waals surface area contributed by atoms with Gasteiger partial charge in [0.1, 0.15) is 5.60 Å². The average Bonchev–Trinajstić information content (AvgIpc) is 2.66. The first kappa shape index (κ1) is 24.9. The first-order valence-electron chi connectivity index (χ1n) is 10.0. The third kappa shape index (κ3) is 6.83. The van der Waals surface area contributed by atoms with Crippen LogP contribution in [0.4, 0.5) is 24.5 Å². The molecule has 1 heterocycles. The maximum absolute atomic E-state index is 13.4. The van der Waals surface area contributed by atoms with Gasteiger partial charge >= 0.3 is 18.1 Å². The van der Waals surface area contributed by atoms with Crippen LogP contribution in [-0.2, 0) is 14.3 Å². The molecule has 1 aliphatic rings. The zero-order valence-corrected chi connectivity index (χ0v) is 18.6. The minimum absolute atomic E-state index is 0.110. The molecule has 1 aromatic carbocycles. The zero-order chi connectivity index (χ0) is 23.4. The Bertz CT molecular complexity index is 785. The van der Waals surface area contributed by atoms with Crippen molar-refractivity contribution in [2.24, 2.45) is 0 Å². The Morgan fingerprint density at radius 2 is 1.71 bits per heavy atom. The van der Waals surface area contributed by atoms with Crippen molar-refractivity contribution in [1.82, 2.24) is 4.90 Å². The van der Waals surface area contributed by atoms with Gasteiger partial charge in [0, 0.05) is 45.5 Å². The van der Waals surface area contributed by atoms with Gasteiger partial charge in [-0.3, -0.25) is 4.79 Å². The van der Waals surface area contributed by atoms with Crippen LogP contribution in [0.25, 0.3) is 0 Å².